The highest BCUT2D eigenvalue weighted by atomic mass is 32.2. The number of nitrogens with zero attached hydrogens (tertiary/aromatic N) is 4. The van der Waals surface area contributed by atoms with Crippen LogP contribution in [-0.2, 0) is 7.05 Å². The summed E-state index contributed by atoms with van der Waals surface area (Å²) in [6.07, 6.45) is 0. The van der Waals surface area contributed by atoms with Gasteiger partial charge in [-0.15, -0.1) is 0 Å². The second-order valence-electron chi connectivity index (χ2n) is 12.6. The van der Waals surface area contributed by atoms with Gasteiger partial charge in [-0.05, 0) is 127 Å². The molecule has 9 nitrogen and oxygen atoms in total. The van der Waals surface area contributed by atoms with Gasteiger partial charge in [0.15, 0.2) is 0 Å². The third kappa shape index (κ3) is 7.93. The van der Waals surface area contributed by atoms with Crippen molar-refractivity contribution in [3.05, 3.63) is 143 Å². The van der Waals surface area contributed by atoms with Crippen LogP contribution in [0.5, 0.6) is 5.75 Å². The first kappa shape index (κ1) is 35.8. The molecule has 270 valence electrons. The van der Waals surface area contributed by atoms with E-state index in [1.165, 1.54) is 36.0 Å². The topological polar surface area (TPSA) is 87.8 Å². The molecule has 1 aliphatic heterocycles. The van der Waals surface area contributed by atoms with Crippen molar-refractivity contribution in [1.82, 2.24) is 4.57 Å². The Hall–Kier alpha value is -5.59. The Morgan fingerprint density at radius 2 is 1.42 bits per heavy atom. The molecule has 0 aliphatic carbocycles. The van der Waals surface area contributed by atoms with E-state index < -0.39 is 0 Å². The zero-order valence-corrected chi connectivity index (χ0v) is 31.2. The summed E-state index contributed by atoms with van der Waals surface area (Å²) in [5.74, 6) is 0.552. The molecule has 1 fully saturated rings. The SMILES string of the molecule is COc1c(-c2cccc(N3CCN(c4ccc(NSc5ccc(NSc6ccccc6)c([N+](=O)[O-])c5)cc4)CC3)c2)c(-c2ccc(F)cc2)n(C)c1C. The highest BCUT2D eigenvalue weighted by Gasteiger charge is 2.24. The van der Waals surface area contributed by atoms with Crippen LogP contribution in [-0.4, -0.2) is 42.8 Å². The molecule has 5 aromatic carbocycles. The molecule has 12 heteroatoms. The largest absolute Gasteiger partial charge is 0.494 e. The summed E-state index contributed by atoms with van der Waals surface area (Å²) in [7, 11) is 3.71. The van der Waals surface area contributed by atoms with Gasteiger partial charge in [-0.3, -0.25) is 10.1 Å². The minimum Gasteiger partial charge on any atom is -0.494 e. The zero-order chi connectivity index (χ0) is 36.9. The number of nitro benzene ring substituents is 1. The predicted octanol–water partition coefficient (Wildman–Crippen LogP) is 10.3. The lowest BCUT2D eigenvalue weighted by atomic mass is 9.99. The Morgan fingerprint density at radius 3 is 2.09 bits per heavy atom. The molecule has 0 saturated carbocycles. The molecule has 53 heavy (non-hydrogen) atoms. The Balaban J connectivity index is 0.979. The van der Waals surface area contributed by atoms with E-state index >= 15 is 0 Å². The Kier molecular flexibility index (Phi) is 10.8. The van der Waals surface area contributed by atoms with Crippen LogP contribution >= 0.6 is 23.9 Å². The minimum atomic E-state index is -0.365. The fourth-order valence-electron chi connectivity index (χ4n) is 6.59. The number of aromatic nitrogens is 1. The molecule has 0 amide bonds. The lowest BCUT2D eigenvalue weighted by Gasteiger charge is -2.37. The van der Waals surface area contributed by atoms with Crippen LogP contribution in [0.2, 0.25) is 0 Å². The van der Waals surface area contributed by atoms with Crippen LogP contribution in [0, 0.1) is 22.9 Å². The van der Waals surface area contributed by atoms with Gasteiger partial charge in [-0.2, -0.15) is 0 Å². The number of nitro groups is 1. The number of halogens is 1. The number of rotatable bonds is 12. The lowest BCUT2D eigenvalue weighted by Crippen LogP contribution is -2.46. The molecule has 1 aromatic heterocycles. The highest BCUT2D eigenvalue weighted by Crippen LogP contribution is 2.44. The molecule has 0 bridgehead atoms. The number of piperazine rings is 1. The van der Waals surface area contributed by atoms with Crippen molar-refractivity contribution < 1.29 is 14.1 Å². The monoisotopic (exact) mass is 746 g/mol. The van der Waals surface area contributed by atoms with Gasteiger partial charge < -0.3 is 28.5 Å². The van der Waals surface area contributed by atoms with Crippen LogP contribution in [0.3, 0.4) is 0 Å². The molecule has 2 N–H and O–H groups in total. The van der Waals surface area contributed by atoms with Crippen molar-refractivity contribution in [2.24, 2.45) is 7.05 Å². The summed E-state index contributed by atoms with van der Waals surface area (Å²) in [6, 6.07) is 38.3. The smallest absolute Gasteiger partial charge is 0.294 e. The standard InChI is InChI=1S/C41H39FN6O3S2/c1-28-41(51-3)39(40(45(28)2)29-12-14-31(42)15-13-29)30-8-7-9-34(26-30)47-24-22-46(23-25-47)33-18-16-32(17-19-33)43-53-36-20-21-37(38(27-36)48(49)50)44-52-35-10-5-4-6-11-35/h4-21,26-27,43-44H,22-25H2,1-3H3. The second kappa shape index (κ2) is 16.0. The van der Waals surface area contributed by atoms with Crippen LogP contribution in [0.4, 0.5) is 32.8 Å². The summed E-state index contributed by atoms with van der Waals surface area (Å²) in [5.41, 5.74) is 8.64. The van der Waals surface area contributed by atoms with Crippen molar-refractivity contribution in [1.29, 1.82) is 0 Å². The van der Waals surface area contributed by atoms with Crippen molar-refractivity contribution in [2.45, 2.75) is 16.7 Å². The minimum absolute atomic E-state index is 0.0195. The van der Waals surface area contributed by atoms with Crippen molar-refractivity contribution in [3.8, 4) is 28.1 Å². The zero-order valence-electron chi connectivity index (χ0n) is 29.6. The third-order valence-electron chi connectivity index (χ3n) is 9.44. The molecule has 0 radical (unpaired) electrons. The van der Waals surface area contributed by atoms with Crippen molar-refractivity contribution >= 4 is 52.3 Å². The first-order valence-electron chi connectivity index (χ1n) is 17.2. The van der Waals surface area contributed by atoms with E-state index in [4.69, 9.17) is 4.74 Å². The van der Waals surface area contributed by atoms with E-state index in [0.29, 0.717) is 5.69 Å². The number of nitrogens with one attached hydrogen (secondary N) is 2. The quantitative estimate of drug-likeness (QED) is 0.0722. The van der Waals surface area contributed by atoms with E-state index in [9.17, 15) is 14.5 Å². The number of ether oxygens (including phenoxy) is 1. The molecule has 1 aliphatic rings. The molecule has 0 unspecified atom stereocenters. The third-order valence-corrected chi connectivity index (χ3v) is 11.1. The number of hydrogen-bond donors (Lipinski definition) is 2. The van der Waals surface area contributed by atoms with Gasteiger partial charge in [0.25, 0.3) is 5.69 Å². The normalized spacial score (nSPS) is 12.8. The summed E-state index contributed by atoms with van der Waals surface area (Å²) >= 11 is 2.68. The molecule has 7 rings (SSSR count). The lowest BCUT2D eigenvalue weighted by molar-refractivity contribution is -0.384. The molecular weight excluding hydrogens is 708 g/mol. The Bertz CT molecular complexity index is 2210. The van der Waals surface area contributed by atoms with Gasteiger partial charge in [0.2, 0.25) is 0 Å². The van der Waals surface area contributed by atoms with Crippen LogP contribution in [0.25, 0.3) is 22.4 Å². The number of hydrogen-bond acceptors (Lipinski definition) is 9. The predicted molar refractivity (Wildman–Crippen MR) is 217 cm³/mol. The summed E-state index contributed by atoms with van der Waals surface area (Å²) in [5, 5.41) is 11.8. The number of anilines is 4. The average molecular weight is 747 g/mol. The van der Waals surface area contributed by atoms with Crippen molar-refractivity contribution in [3.63, 3.8) is 0 Å². The highest BCUT2D eigenvalue weighted by molar-refractivity contribution is 8.00. The van der Waals surface area contributed by atoms with Gasteiger partial charge in [0, 0.05) is 71.7 Å². The van der Waals surface area contributed by atoms with Crippen LogP contribution in [0.15, 0.2) is 131 Å². The molecule has 1 saturated heterocycles. The van der Waals surface area contributed by atoms with E-state index in [-0.39, 0.29) is 16.4 Å². The fraction of sp³-hybridized carbons (Fsp3) is 0.171. The first-order valence-corrected chi connectivity index (χ1v) is 18.8. The maximum atomic E-state index is 13.8. The average Bonchev–Trinajstić information content (AvgIpc) is 3.46. The van der Waals surface area contributed by atoms with Gasteiger partial charge in [0.1, 0.15) is 17.3 Å². The summed E-state index contributed by atoms with van der Waals surface area (Å²) in [4.78, 5) is 18.0. The molecular formula is C41H39FN6O3S2. The van der Waals surface area contributed by atoms with Gasteiger partial charge >= 0.3 is 0 Å². The Morgan fingerprint density at radius 1 is 0.736 bits per heavy atom. The Labute approximate surface area is 317 Å². The van der Waals surface area contributed by atoms with Gasteiger partial charge in [-0.25, -0.2) is 4.39 Å². The molecule has 0 spiro atoms. The van der Waals surface area contributed by atoms with E-state index in [2.05, 4.69) is 60.2 Å². The van der Waals surface area contributed by atoms with E-state index in [1.54, 1.807) is 19.2 Å². The van der Waals surface area contributed by atoms with Crippen LogP contribution < -0.4 is 24.0 Å². The summed E-state index contributed by atoms with van der Waals surface area (Å²) in [6.45, 7) is 5.50. The molecule has 2 heterocycles. The number of benzene rings is 5. The van der Waals surface area contributed by atoms with Crippen molar-refractivity contribution in [2.75, 3.05) is 52.5 Å². The fourth-order valence-corrected chi connectivity index (χ4v) is 7.97. The summed E-state index contributed by atoms with van der Waals surface area (Å²) < 4.78 is 28.3. The maximum absolute atomic E-state index is 13.8. The van der Waals surface area contributed by atoms with Crippen LogP contribution in [0.1, 0.15) is 5.69 Å². The first-order chi connectivity index (χ1) is 25.8. The maximum Gasteiger partial charge on any atom is 0.294 e. The van der Waals surface area contributed by atoms with E-state index in [1.807, 2.05) is 74.6 Å². The van der Waals surface area contributed by atoms with E-state index in [0.717, 1.165) is 86.9 Å². The van der Waals surface area contributed by atoms with Gasteiger partial charge in [0.05, 0.1) is 23.4 Å². The van der Waals surface area contributed by atoms with Gasteiger partial charge in [-0.1, -0.05) is 30.3 Å². The molecule has 0 atom stereocenters. The molecule has 6 aromatic rings. The number of methoxy groups -OCH3 is 1. The second-order valence-corrected chi connectivity index (χ2v) is 14.4.